The van der Waals surface area contributed by atoms with Crippen LogP contribution in [0.5, 0.6) is 0 Å². The first-order valence-corrected chi connectivity index (χ1v) is 6.95. The van der Waals surface area contributed by atoms with Crippen molar-refractivity contribution in [3.05, 3.63) is 16.6 Å². The Hall–Kier alpha value is -0.940. The smallest absolute Gasteiger partial charge is 0.227 e. The first-order valence-electron chi connectivity index (χ1n) is 6.07. The summed E-state index contributed by atoms with van der Waals surface area (Å²) in [4.78, 5) is 16.5. The lowest BCUT2D eigenvalue weighted by Gasteiger charge is -2.24. The van der Waals surface area contributed by atoms with E-state index in [2.05, 4.69) is 22.5 Å². The molecule has 2 heterocycles. The molecular weight excluding hydrogens is 234 g/mol. The predicted octanol–water partition coefficient (Wildman–Crippen LogP) is 1.71. The number of carbonyl (C=O) groups excluding carboxylic acids is 1. The van der Waals surface area contributed by atoms with E-state index in [-0.39, 0.29) is 17.4 Å². The van der Waals surface area contributed by atoms with Gasteiger partial charge in [0.25, 0.3) is 0 Å². The predicted molar refractivity (Wildman–Crippen MR) is 68.9 cm³/mol. The highest BCUT2D eigenvalue weighted by Gasteiger charge is 2.37. The van der Waals surface area contributed by atoms with Gasteiger partial charge in [-0.3, -0.25) is 4.79 Å². The van der Waals surface area contributed by atoms with E-state index in [1.807, 2.05) is 12.3 Å². The van der Waals surface area contributed by atoms with Crippen molar-refractivity contribution in [3.63, 3.8) is 0 Å². The van der Waals surface area contributed by atoms with Gasteiger partial charge in [0, 0.05) is 18.1 Å². The SMILES string of the molecule is CCC(NC(=O)C1(C)CCNC1)c1nccs1. The van der Waals surface area contributed by atoms with Crippen molar-refractivity contribution in [3.8, 4) is 0 Å². The minimum Gasteiger partial charge on any atom is -0.346 e. The summed E-state index contributed by atoms with van der Waals surface area (Å²) in [5, 5.41) is 9.31. The first-order chi connectivity index (χ1) is 8.15. The van der Waals surface area contributed by atoms with Gasteiger partial charge >= 0.3 is 0 Å². The van der Waals surface area contributed by atoms with Gasteiger partial charge in [-0.2, -0.15) is 0 Å². The normalized spacial score (nSPS) is 25.8. The molecule has 5 heteroatoms. The topological polar surface area (TPSA) is 54.0 Å². The highest BCUT2D eigenvalue weighted by molar-refractivity contribution is 7.09. The highest BCUT2D eigenvalue weighted by Crippen LogP contribution is 2.27. The summed E-state index contributed by atoms with van der Waals surface area (Å²) in [6.45, 7) is 5.80. The fourth-order valence-corrected chi connectivity index (χ4v) is 2.86. The second-order valence-electron chi connectivity index (χ2n) is 4.79. The number of nitrogens with one attached hydrogen (secondary N) is 2. The van der Waals surface area contributed by atoms with Gasteiger partial charge in [0.2, 0.25) is 5.91 Å². The quantitative estimate of drug-likeness (QED) is 0.859. The fraction of sp³-hybridized carbons (Fsp3) is 0.667. The molecule has 0 spiro atoms. The van der Waals surface area contributed by atoms with E-state index >= 15 is 0 Å². The molecule has 1 amide bonds. The first kappa shape index (κ1) is 12.5. The van der Waals surface area contributed by atoms with Crippen LogP contribution in [-0.4, -0.2) is 24.0 Å². The minimum absolute atomic E-state index is 0.0555. The average Bonchev–Trinajstić information content (AvgIpc) is 2.97. The average molecular weight is 253 g/mol. The fourth-order valence-electron chi connectivity index (χ4n) is 2.09. The maximum absolute atomic E-state index is 12.3. The second-order valence-corrected chi connectivity index (χ2v) is 5.72. The van der Waals surface area contributed by atoms with Crippen molar-refractivity contribution in [2.24, 2.45) is 5.41 Å². The summed E-state index contributed by atoms with van der Waals surface area (Å²) < 4.78 is 0. The lowest BCUT2D eigenvalue weighted by Crippen LogP contribution is -2.42. The van der Waals surface area contributed by atoms with Gasteiger partial charge in [0.1, 0.15) is 5.01 Å². The lowest BCUT2D eigenvalue weighted by atomic mass is 9.88. The lowest BCUT2D eigenvalue weighted by molar-refractivity contribution is -0.130. The van der Waals surface area contributed by atoms with E-state index in [0.717, 1.165) is 30.9 Å². The van der Waals surface area contributed by atoms with Crippen LogP contribution >= 0.6 is 11.3 Å². The number of rotatable bonds is 4. The molecule has 4 nitrogen and oxygen atoms in total. The van der Waals surface area contributed by atoms with E-state index in [4.69, 9.17) is 0 Å². The molecule has 1 aromatic heterocycles. The molecule has 17 heavy (non-hydrogen) atoms. The molecule has 0 aromatic carbocycles. The van der Waals surface area contributed by atoms with Crippen LogP contribution in [-0.2, 0) is 4.79 Å². The zero-order valence-corrected chi connectivity index (χ0v) is 11.1. The Bertz CT molecular complexity index is 371. The number of nitrogens with zero attached hydrogens (tertiary/aromatic N) is 1. The molecule has 1 aliphatic rings. The molecule has 94 valence electrons. The van der Waals surface area contributed by atoms with Crippen LogP contribution in [0.1, 0.15) is 37.7 Å². The largest absolute Gasteiger partial charge is 0.346 e. The van der Waals surface area contributed by atoms with Crippen molar-refractivity contribution in [2.75, 3.05) is 13.1 Å². The van der Waals surface area contributed by atoms with Crippen LogP contribution in [0.2, 0.25) is 0 Å². The van der Waals surface area contributed by atoms with E-state index in [1.165, 1.54) is 0 Å². The standard InChI is InChI=1S/C12H19N3OS/c1-3-9(10-14-6-7-17-10)15-11(16)12(2)4-5-13-8-12/h6-7,9,13H,3-5,8H2,1-2H3,(H,15,16). The van der Waals surface area contributed by atoms with Gasteiger partial charge in [0.15, 0.2) is 0 Å². The Morgan fingerprint density at radius 3 is 3.12 bits per heavy atom. The maximum atomic E-state index is 12.3. The zero-order chi connectivity index (χ0) is 12.3. The van der Waals surface area contributed by atoms with Crippen LogP contribution in [0.25, 0.3) is 0 Å². The molecule has 2 unspecified atom stereocenters. The third-order valence-electron chi connectivity index (χ3n) is 3.38. The van der Waals surface area contributed by atoms with Gasteiger partial charge in [-0.25, -0.2) is 4.98 Å². The molecule has 0 bridgehead atoms. The van der Waals surface area contributed by atoms with Crippen molar-refractivity contribution in [2.45, 2.75) is 32.7 Å². The Labute approximate surface area is 106 Å². The summed E-state index contributed by atoms with van der Waals surface area (Å²) in [5.41, 5.74) is -0.259. The van der Waals surface area contributed by atoms with E-state index in [0.29, 0.717) is 0 Å². The Morgan fingerprint density at radius 2 is 2.59 bits per heavy atom. The molecular formula is C12H19N3OS. The molecule has 2 atom stereocenters. The van der Waals surface area contributed by atoms with Crippen molar-refractivity contribution < 1.29 is 4.79 Å². The minimum atomic E-state index is -0.259. The highest BCUT2D eigenvalue weighted by atomic mass is 32.1. The number of amides is 1. The molecule has 2 rings (SSSR count). The van der Waals surface area contributed by atoms with Crippen LogP contribution in [0.3, 0.4) is 0 Å². The third-order valence-corrected chi connectivity index (χ3v) is 4.27. The number of hydrogen-bond acceptors (Lipinski definition) is 4. The summed E-state index contributed by atoms with van der Waals surface area (Å²) >= 11 is 1.60. The van der Waals surface area contributed by atoms with Gasteiger partial charge in [-0.05, 0) is 26.3 Å². The number of hydrogen-bond donors (Lipinski definition) is 2. The Balaban J connectivity index is 2.02. The number of thiazole rings is 1. The molecule has 0 saturated carbocycles. The summed E-state index contributed by atoms with van der Waals surface area (Å²) in [6.07, 6.45) is 3.57. The van der Waals surface area contributed by atoms with Gasteiger partial charge < -0.3 is 10.6 Å². The summed E-state index contributed by atoms with van der Waals surface area (Å²) in [6, 6.07) is 0.0555. The van der Waals surface area contributed by atoms with Gasteiger partial charge in [-0.1, -0.05) is 6.92 Å². The third kappa shape index (κ3) is 2.66. The van der Waals surface area contributed by atoms with Crippen molar-refractivity contribution >= 4 is 17.2 Å². The van der Waals surface area contributed by atoms with Crippen LogP contribution < -0.4 is 10.6 Å². The van der Waals surface area contributed by atoms with E-state index in [9.17, 15) is 4.79 Å². The molecule has 0 aliphatic carbocycles. The molecule has 1 fully saturated rings. The zero-order valence-electron chi connectivity index (χ0n) is 10.3. The van der Waals surface area contributed by atoms with E-state index in [1.54, 1.807) is 17.5 Å². The summed E-state index contributed by atoms with van der Waals surface area (Å²) in [5.74, 6) is 0.143. The monoisotopic (exact) mass is 253 g/mol. The Morgan fingerprint density at radius 1 is 1.76 bits per heavy atom. The molecule has 2 N–H and O–H groups in total. The van der Waals surface area contributed by atoms with Crippen LogP contribution in [0.4, 0.5) is 0 Å². The molecule has 0 radical (unpaired) electrons. The molecule has 1 aliphatic heterocycles. The maximum Gasteiger partial charge on any atom is 0.227 e. The number of carbonyl (C=O) groups is 1. The number of aromatic nitrogens is 1. The van der Waals surface area contributed by atoms with Crippen molar-refractivity contribution in [1.29, 1.82) is 0 Å². The van der Waals surface area contributed by atoms with Crippen LogP contribution in [0, 0.1) is 5.41 Å². The van der Waals surface area contributed by atoms with Gasteiger partial charge in [-0.15, -0.1) is 11.3 Å². The summed E-state index contributed by atoms with van der Waals surface area (Å²) in [7, 11) is 0. The molecule has 1 saturated heterocycles. The molecule has 1 aromatic rings. The Kier molecular flexibility index (Phi) is 3.79. The van der Waals surface area contributed by atoms with Crippen molar-refractivity contribution in [1.82, 2.24) is 15.6 Å². The van der Waals surface area contributed by atoms with Crippen LogP contribution in [0.15, 0.2) is 11.6 Å². The van der Waals surface area contributed by atoms with E-state index < -0.39 is 0 Å². The second kappa shape index (κ2) is 5.14. The van der Waals surface area contributed by atoms with Gasteiger partial charge in [0.05, 0.1) is 11.5 Å².